The molecule has 1 aromatic heterocycles. The van der Waals surface area contributed by atoms with Crippen molar-refractivity contribution in [1.29, 1.82) is 0 Å². The zero-order chi connectivity index (χ0) is 16.7. The van der Waals surface area contributed by atoms with E-state index in [1.165, 1.54) is 6.92 Å². The Bertz CT molecular complexity index is 643. The summed E-state index contributed by atoms with van der Waals surface area (Å²) in [6.07, 6.45) is -3.48. The van der Waals surface area contributed by atoms with Crippen molar-refractivity contribution in [2.45, 2.75) is 31.3 Å². The number of hydrogen-bond acceptors (Lipinski definition) is 6. The maximum atomic E-state index is 12.9. The highest BCUT2D eigenvalue weighted by atomic mass is 19.4. The maximum Gasteiger partial charge on any atom is 0.438 e. The molecular formula is C10H10F3N5O4. The van der Waals surface area contributed by atoms with E-state index in [-0.39, 0.29) is 5.01 Å². The molecule has 2 unspecified atom stereocenters. The quantitative estimate of drug-likeness (QED) is 0.654. The number of nitrogens with zero attached hydrogens (tertiary/aromatic N) is 5. The van der Waals surface area contributed by atoms with Gasteiger partial charge in [0.05, 0.1) is 4.92 Å². The molecule has 2 rings (SSSR count). The van der Waals surface area contributed by atoms with Gasteiger partial charge in [-0.25, -0.2) is 0 Å². The molecule has 9 nitrogen and oxygen atoms in total. The monoisotopic (exact) mass is 321 g/mol. The molecule has 0 aromatic carbocycles. The van der Waals surface area contributed by atoms with Crippen LogP contribution in [-0.2, 0) is 4.79 Å². The summed E-state index contributed by atoms with van der Waals surface area (Å²) in [7, 11) is 0. The second kappa shape index (κ2) is 5.05. The molecule has 12 heteroatoms. The van der Waals surface area contributed by atoms with Crippen molar-refractivity contribution in [2.24, 2.45) is 5.10 Å². The molecule has 120 valence electrons. The van der Waals surface area contributed by atoms with Gasteiger partial charge in [0.25, 0.3) is 11.6 Å². The lowest BCUT2D eigenvalue weighted by Crippen LogP contribution is -2.57. The van der Waals surface area contributed by atoms with Crippen LogP contribution in [0.3, 0.4) is 0 Å². The molecule has 0 saturated carbocycles. The van der Waals surface area contributed by atoms with E-state index in [0.29, 0.717) is 0 Å². The number of alkyl halides is 3. The van der Waals surface area contributed by atoms with Crippen molar-refractivity contribution in [2.75, 3.05) is 0 Å². The minimum atomic E-state index is -5.10. The Morgan fingerprint density at radius 2 is 2.23 bits per heavy atom. The lowest BCUT2D eigenvalue weighted by atomic mass is 10.1. The van der Waals surface area contributed by atoms with Crippen LogP contribution in [0, 0.1) is 10.1 Å². The molecule has 2 heterocycles. The van der Waals surface area contributed by atoms with E-state index in [2.05, 4.69) is 10.2 Å². The number of nitro groups is 1. The fraction of sp³-hybridized carbons (Fsp3) is 0.500. The third-order valence-corrected chi connectivity index (χ3v) is 3.14. The summed E-state index contributed by atoms with van der Waals surface area (Å²) in [4.78, 5) is 21.9. The van der Waals surface area contributed by atoms with Gasteiger partial charge in [0.1, 0.15) is 18.4 Å². The molecule has 1 N–H and O–H groups in total. The summed E-state index contributed by atoms with van der Waals surface area (Å²) in [6.45, 7) is 1.18. The van der Waals surface area contributed by atoms with Crippen LogP contribution in [0.5, 0.6) is 0 Å². The van der Waals surface area contributed by atoms with Gasteiger partial charge in [-0.3, -0.25) is 19.6 Å². The number of aromatic nitrogens is 2. The summed E-state index contributed by atoms with van der Waals surface area (Å²) < 4.78 is 39.5. The van der Waals surface area contributed by atoms with Crippen molar-refractivity contribution in [3.8, 4) is 0 Å². The van der Waals surface area contributed by atoms with Crippen molar-refractivity contribution < 1.29 is 28.0 Å². The lowest BCUT2D eigenvalue weighted by molar-refractivity contribution is -0.385. The first kappa shape index (κ1) is 15.9. The first-order chi connectivity index (χ1) is 10.1. The van der Waals surface area contributed by atoms with Gasteiger partial charge in [-0.05, 0) is 6.92 Å². The zero-order valence-electron chi connectivity index (χ0n) is 11.1. The van der Waals surface area contributed by atoms with Gasteiger partial charge in [-0.15, -0.1) is 0 Å². The number of carbonyl (C=O) groups is 1. The molecule has 0 saturated heterocycles. The summed E-state index contributed by atoms with van der Waals surface area (Å²) in [5, 5.41) is 26.9. The van der Waals surface area contributed by atoms with E-state index < -0.39 is 40.9 Å². The van der Waals surface area contributed by atoms with Gasteiger partial charge < -0.3 is 5.11 Å². The van der Waals surface area contributed by atoms with Crippen LogP contribution in [0.15, 0.2) is 17.5 Å². The summed E-state index contributed by atoms with van der Waals surface area (Å²) in [5.41, 5.74) is -3.85. The minimum absolute atomic E-state index is 0.0782. The van der Waals surface area contributed by atoms with E-state index >= 15 is 0 Å². The fourth-order valence-corrected chi connectivity index (χ4v) is 1.83. The minimum Gasteiger partial charge on any atom is -0.362 e. The highest BCUT2D eigenvalue weighted by Gasteiger charge is 2.62. The molecule has 1 aliphatic heterocycles. The van der Waals surface area contributed by atoms with Crippen molar-refractivity contribution in [3.63, 3.8) is 0 Å². The molecule has 0 radical (unpaired) electrons. The molecular weight excluding hydrogens is 311 g/mol. The Balaban J connectivity index is 2.26. The fourth-order valence-electron chi connectivity index (χ4n) is 1.83. The Labute approximate surface area is 120 Å². The summed E-state index contributed by atoms with van der Waals surface area (Å²) in [5.74, 6) is -1.20. The van der Waals surface area contributed by atoms with Crippen molar-refractivity contribution in [1.82, 2.24) is 14.8 Å². The van der Waals surface area contributed by atoms with Crippen LogP contribution in [0.25, 0.3) is 0 Å². The first-order valence-corrected chi connectivity index (χ1v) is 5.92. The molecule has 1 aliphatic rings. The summed E-state index contributed by atoms with van der Waals surface area (Å²) in [6, 6.07) is -1.32. The van der Waals surface area contributed by atoms with Gasteiger partial charge in [0.2, 0.25) is 0 Å². The van der Waals surface area contributed by atoms with Gasteiger partial charge >= 0.3 is 11.9 Å². The first-order valence-electron chi connectivity index (χ1n) is 5.92. The van der Waals surface area contributed by atoms with E-state index in [9.17, 15) is 33.2 Å². The van der Waals surface area contributed by atoms with E-state index in [1.54, 1.807) is 0 Å². The normalized spacial score (nSPS) is 22.9. The third kappa shape index (κ3) is 2.41. The van der Waals surface area contributed by atoms with Crippen LogP contribution in [0.1, 0.15) is 19.4 Å². The molecule has 1 amide bonds. The molecule has 2 atom stereocenters. The zero-order valence-corrected chi connectivity index (χ0v) is 11.1. The Morgan fingerprint density at radius 3 is 2.73 bits per heavy atom. The number of hydrogen-bond donors (Lipinski definition) is 1. The average molecular weight is 321 g/mol. The molecule has 0 spiro atoms. The summed E-state index contributed by atoms with van der Waals surface area (Å²) >= 11 is 0. The standard InChI is InChI=1S/C10H10F3N5O4/c1-6(16-5-7(4-15-16)18(21)22)8(19)17-9(20,2-3-14-17)10(11,12)13/h3-6,20H,2H2,1H3. The number of aliphatic hydroxyl groups is 1. The highest BCUT2D eigenvalue weighted by molar-refractivity contribution is 5.83. The molecule has 0 fully saturated rings. The predicted octanol–water partition coefficient (Wildman–Crippen LogP) is 0.821. The Hall–Kier alpha value is -2.50. The van der Waals surface area contributed by atoms with E-state index in [0.717, 1.165) is 23.3 Å². The van der Waals surface area contributed by atoms with Crippen LogP contribution < -0.4 is 0 Å². The molecule has 1 aromatic rings. The van der Waals surface area contributed by atoms with Gasteiger partial charge in [-0.1, -0.05) is 0 Å². The third-order valence-electron chi connectivity index (χ3n) is 3.14. The SMILES string of the molecule is CC(C(=O)N1N=CCC1(O)C(F)(F)F)n1cc([N+](=O)[O-])cn1. The van der Waals surface area contributed by atoms with Crippen LogP contribution in [-0.4, -0.2) is 48.8 Å². The van der Waals surface area contributed by atoms with E-state index in [1.807, 2.05) is 0 Å². The van der Waals surface area contributed by atoms with Crippen molar-refractivity contribution in [3.05, 3.63) is 22.5 Å². The molecule has 0 bridgehead atoms. The Morgan fingerprint density at radius 1 is 1.59 bits per heavy atom. The van der Waals surface area contributed by atoms with Crippen LogP contribution in [0.4, 0.5) is 18.9 Å². The largest absolute Gasteiger partial charge is 0.438 e. The van der Waals surface area contributed by atoms with Gasteiger partial charge in [0.15, 0.2) is 0 Å². The maximum absolute atomic E-state index is 12.9. The average Bonchev–Trinajstić information content (AvgIpc) is 3.03. The van der Waals surface area contributed by atoms with Crippen molar-refractivity contribution >= 4 is 17.8 Å². The highest BCUT2D eigenvalue weighted by Crippen LogP contribution is 2.39. The second-order valence-corrected chi connectivity index (χ2v) is 4.58. The number of amides is 1. The second-order valence-electron chi connectivity index (χ2n) is 4.58. The van der Waals surface area contributed by atoms with Gasteiger partial charge in [0, 0.05) is 12.6 Å². The van der Waals surface area contributed by atoms with Gasteiger partial charge in [-0.2, -0.15) is 28.4 Å². The lowest BCUT2D eigenvalue weighted by Gasteiger charge is -2.33. The topological polar surface area (TPSA) is 114 Å². The number of hydrazone groups is 1. The van der Waals surface area contributed by atoms with Crippen LogP contribution in [0.2, 0.25) is 0 Å². The molecule has 22 heavy (non-hydrogen) atoms. The predicted molar refractivity (Wildman–Crippen MR) is 64.6 cm³/mol. The Kier molecular flexibility index (Phi) is 3.64. The number of rotatable bonds is 3. The smallest absolute Gasteiger partial charge is 0.362 e. The molecule has 0 aliphatic carbocycles. The van der Waals surface area contributed by atoms with Crippen LogP contribution >= 0.6 is 0 Å². The van der Waals surface area contributed by atoms with E-state index in [4.69, 9.17) is 0 Å². The number of halogens is 3. The number of carbonyl (C=O) groups excluding carboxylic acids is 1.